The molecule has 0 heterocycles. The van der Waals surface area contributed by atoms with Crippen LogP contribution in [0.25, 0.3) is 0 Å². The number of aryl methyl sites for hydroxylation is 1. The number of carbonyl (C=O) groups is 1. The van der Waals surface area contributed by atoms with Gasteiger partial charge in [-0.1, -0.05) is 29.3 Å². The molecule has 2 aromatic carbocycles. The minimum Gasteiger partial charge on any atom is -0.492 e. The lowest BCUT2D eigenvalue weighted by atomic mass is 10.2. The summed E-state index contributed by atoms with van der Waals surface area (Å²) in [6, 6.07) is 9.66. The summed E-state index contributed by atoms with van der Waals surface area (Å²) in [7, 11) is -2.25. The molecule has 0 unspecified atom stereocenters. The van der Waals surface area contributed by atoms with Gasteiger partial charge in [0.25, 0.3) is 0 Å². The summed E-state index contributed by atoms with van der Waals surface area (Å²) in [5, 5.41) is 3.62. The number of sulfonamides is 1. The molecular weight excluding hydrogens is 411 g/mol. The van der Waals surface area contributed by atoms with Crippen molar-refractivity contribution in [1.29, 1.82) is 0 Å². The first kappa shape index (κ1) is 21.5. The molecule has 146 valence electrons. The minimum absolute atomic E-state index is 0.128. The molecule has 0 radical (unpaired) electrons. The number of hydrogen-bond acceptors (Lipinski definition) is 4. The molecule has 0 spiro atoms. The Morgan fingerprint density at radius 1 is 1.15 bits per heavy atom. The Morgan fingerprint density at radius 2 is 1.89 bits per heavy atom. The third-order valence-corrected chi connectivity index (χ3v) is 5.82. The van der Waals surface area contributed by atoms with Crippen molar-refractivity contribution < 1.29 is 17.9 Å². The highest BCUT2D eigenvalue weighted by atomic mass is 35.5. The van der Waals surface area contributed by atoms with Crippen LogP contribution in [0.4, 0.5) is 5.69 Å². The van der Waals surface area contributed by atoms with E-state index in [9.17, 15) is 13.2 Å². The molecule has 0 aliphatic rings. The van der Waals surface area contributed by atoms with E-state index in [4.69, 9.17) is 27.9 Å². The van der Waals surface area contributed by atoms with Crippen LogP contribution in [0.2, 0.25) is 10.0 Å². The molecule has 2 aromatic rings. The lowest BCUT2D eigenvalue weighted by molar-refractivity contribution is -0.116. The molecule has 0 aliphatic heterocycles. The largest absolute Gasteiger partial charge is 0.492 e. The van der Waals surface area contributed by atoms with Gasteiger partial charge in [0.15, 0.2) is 0 Å². The number of ether oxygens (including phenoxy) is 1. The van der Waals surface area contributed by atoms with E-state index in [0.29, 0.717) is 40.1 Å². The first-order valence-electron chi connectivity index (χ1n) is 8.15. The molecular formula is C18H20Cl2N2O4S. The van der Waals surface area contributed by atoms with Gasteiger partial charge in [0.2, 0.25) is 15.9 Å². The SMILES string of the molecule is CNS(=O)(=O)c1cc(NC(=O)CCCOc2ccc(Cl)cc2Cl)ccc1C. The van der Waals surface area contributed by atoms with Gasteiger partial charge in [-0.05, 0) is 56.3 Å². The van der Waals surface area contributed by atoms with Crippen LogP contribution in [0.15, 0.2) is 41.3 Å². The van der Waals surface area contributed by atoms with Crippen LogP contribution in [-0.4, -0.2) is 28.0 Å². The van der Waals surface area contributed by atoms with Crippen LogP contribution >= 0.6 is 23.2 Å². The number of amides is 1. The van der Waals surface area contributed by atoms with Crippen LogP contribution in [0.1, 0.15) is 18.4 Å². The Bertz CT molecular complexity index is 933. The summed E-state index contributed by atoms with van der Waals surface area (Å²) in [6.45, 7) is 2.00. The Balaban J connectivity index is 1.88. The second kappa shape index (κ2) is 9.41. The van der Waals surface area contributed by atoms with Crippen molar-refractivity contribution in [3.05, 3.63) is 52.0 Å². The first-order valence-corrected chi connectivity index (χ1v) is 10.4. The summed E-state index contributed by atoms with van der Waals surface area (Å²) in [6.07, 6.45) is 0.686. The Labute approximate surface area is 168 Å². The van der Waals surface area contributed by atoms with Gasteiger partial charge in [-0.25, -0.2) is 13.1 Å². The number of hydrogen-bond donors (Lipinski definition) is 2. The van der Waals surface area contributed by atoms with Gasteiger partial charge in [0, 0.05) is 17.1 Å². The van der Waals surface area contributed by atoms with E-state index in [2.05, 4.69) is 10.0 Å². The van der Waals surface area contributed by atoms with Gasteiger partial charge < -0.3 is 10.1 Å². The molecule has 0 atom stereocenters. The Morgan fingerprint density at radius 3 is 2.56 bits per heavy atom. The molecule has 2 N–H and O–H groups in total. The normalized spacial score (nSPS) is 11.3. The molecule has 0 saturated heterocycles. The van der Waals surface area contributed by atoms with Gasteiger partial charge >= 0.3 is 0 Å². The first-order chi connectivity index (χ1) is 12.7. The van der Waals surface area contributed by atoms with Gasteiger partial charge in [-0.15, -0.1) is 0 Å². The fourth-order valence-electron chi connectivity index (χ4n) is 2.31. The lowest BCUT2D eigenvalue weighted by Crippen LogP contribution is -2.20. The maximum absolute atomic E-state index is 12.1. The highest BCUT2D eigenvalue weighted by Crippen LogP contribution is 2.27. The van der Waals surface area contributed by atoms with E-state index < -0.39 is 10.0 Å². The fourth-order valence-corrected chi connectivity index (χ4v) is 3.76. The summed E-state index contributed by atoms with van der Waals surface area (Å²) in [5.41, 5.74) is 1.01. The van der Waals surface area contributed by atoms with E-state index in [1.165, 1.54) is 13.1 Å². The number of benzene rings is 2. The molecule has 1 amide bonds. The maximum Gasteiger partial charge on any atom is 0.240 e. The minimum atomic E-state index is -3.59. The number of rotatable bonds is 8. The predicted molar refractivity (Wildman–Crippen MR) is 107 cm³/mol. The molecule has 0 aromatic heterocycles. The average Bonchev–Trinajstić information content (AvgIpc) is 2.61. The van der Waals surface area contributed by atoms with E-state index in [1.807, 2.05) is 0 Å². The maximum atomic E-state index is 12.1. The highest BCUT2D eigenvalue weighted by Gasteiger charge is 2.15. The Kier molecular flexibility index (Phi) is 7.49. The van der Waals surface area contributed by atoms with Crippen LogP contribution in [0.5, 0.6) is 5.75 Å². The third-order valence-electron chi connectivity index (χ3n) is 3.73. The third kappa shape index (κ3) is 6.10. The van der Waals surface area contributed by atoms with Gasteiger partial charge in [-0.3, -0.25) is 4.79 Å². The smallest absolute Gasteiger partial charge is 0.240 e. The molecule has 2 rings (SSSR count). The summed E-state index contributed by atoms with van der Waals surface area (Å²) < 4.78 is 31.8. The second-order valence-corrected chi connectivity index (χ2v) is 8.46. The van der Waals surface area contributed by atoms with Crippen molar-refractivity contribution in [2.24, 2.45) is 0 Å². The molecule has 0 bridgehead atoms. The summed E-state index contributed by atoms with van der Waals surface area (Å²) in [4.78, 5) is 12.2. The van der Waals surface area contributed by atoms with Gasteiger partial charge in [0.05, 0.1) is 16.5 Å². The van der Waals surface area contributed by atoms with Gasteiger partial charge in [0.1, 0.15) is 5.75 Å². The van der Waals surface area contributed by atoms with Crippen LogP contribution in [-0.2, 0) is 14.8 Å². The number of nitrogens with one attached hydrogen (secondary N) is 2. The monoisotopic (exact) mass is 430 g/mol. The second-order valence-electron chi connectivity index (χ2n) is 5.76. The van der Waals surface area contributed by atoms with E-state index >= 15 is 0 Å². The van der Waals surface area contributed by atoms with E-state index in [-0.39, 0.29) is 17.2 Å². The molecule has 9 heteroatoms. The molecule has 0 fully saturated rings. The van der Waals surface area contributed by atoms with Crippen molar-refractivity contribution in [1.82, 2.24) is 4.72 Å². The molecule has 0 aliphatic carbocycles. The number of anilines is 1. The molecule has 0 saturated carbocycles. The zero-order valence-corrected chi connectivity index (χ0v) is 17.2. The zero-order valence-electron chi connectivity index (χ0n) is 14.9. The lowest BCUT2D eigenvalue weighted by Gasteiger charge is -2.11. The quantitative estimate of drug-likeness (QED) is 0.619. The summed E-state index contributed by atoms with van der Waals surface area (Å²) in [5.74, 6) is 0.263. The van der Waals surface area contributed by atoms with Crippen molar-refractivity contribution in [3.63, 3.8) is 0 Å². The number of carbonyl (C=O) groups excluding carboxylic acids is 1. The zero-order chi connectivity index (χ0) is 20.0. The predicted octanol–water partition coefficient (Wildman–Crippen LogP) is 4.01. The average molecular weight is 431 g/mol. The number of halogens is 2. The van der Waals surface area contributed by atoms with E-state index in [0.717, 1.165) is 0 Å². The van der Waals surface area contributed by atoms with Crippen LogP contribution in [0, 0.1) is 6.92 Å². The van der Waals surface area contributed by atoms with Crippen molar-refractivity contribution in [2.75, 3.05) is 19.0 Å². The van der Waals surface area contributed by atoms with Crippen molar-refractivity contribution >= 4 is 44.8 Å². The van der Waals surface area contributed by atoms with Crippen LogP contribution in [0.3, 0.4) is 0 Å². The topological polar surface area (TPSA) is 84.5 Å². The molecule has 27 heavy (non-hydrogen) atoms. The summed E-state index contributed by atoms with van der Waals surface area (Å²) >= 11 is 11.8. The molecule has 6 nitrogen and oxygen atoms in total. The van der Waals surface area contributed by atoms with E-state index in [1.54, 1.807) is 37.3 Å². The standard InChI is InChI=1S/C18H20Cl2N2O4S/c1-12-5-7-14(11-17(12)27(24,25)21-2)22-18(23)4-3-9-26-16-8-6-13(19)10-15(16)20/h5-8,10-11,21H,3-4,9H2,1-2H3,(H,22,23). The van der Waals surface area contributed by atoms with Crippen LogP contribution < -0.4 is 14.8 Å². The highest BCUT2D eigenvalue weighted by molar-refractivity contribution is 7.89. The van der Waals surface area contributed by atoms with Crippen molar-refractivity contribution in [3.8, 4) is 5.75 Å². The van der Waals surface area contributed by atoms with Crippen molar-refractivity contribution in [2.45, 2.75) is 24.7 Å². The fraction of sp³-hybridized carbons (Fsp3) is 0.278. The van der Waals surface area contributed by atoms with Gasteiger partial charge in [-0.2, -0.15) is 0 Å². The Hall–Kier alpha value is -1.80.